The van der Waals surface area contributed by atoms with Crippen molar-refractivity contribution in [1.82, 2.24) is 9.97 Å². The van der Waals surface area contributed by atoms with Crippen molar-refractivity contribution in [3.63, 3.8) is 0 Å². The SMILES string of the molecule is CCOP(=O)(OCC)c1nc2ccccc2nc1-c1ccccc1. The van der Waals surface area contributed by atoms with Crippen LogP contribution in [0.4, 0.5) is 0 Å². The molecule has 3 aromatic rings. The van der Waals surface area contributed by atoms with E-state index >= 15 is 0 Å². The molecule has 24 heavy (non-hydrogen) atoms. The van der Waals surface area contributed by atoms with E-state index in [0.29, 0.717) is 11.2 Å². The van der Waals surface area contributed by atoms with Crippen LogP contribution in [0.3, 0.4) is 0 Å². The number of rotatable bonds is 6. The molecule has 1 heterocycles. The monoisotopic (exact) mass is 342 g/mol. The normalized spacial score (nSPS) is 11.8. The van der Waals surface area contributed by atoms with E-state index in [1.807, 2.05) is 54.6 Å². The van der Waals surface area contributed by atoms with Crippen LogP contribution in [-0.2, 0) is 13.6 Å². The molecule has 3 rings (SSSR count). The van der Waals surface area contributed by atoms with Crippen LogP contribution < -0.4 is 5.44 Å². The molecule has 2 aromatic carbocycles. The molecule has 0 spiro atoms. The predicted molar refractivity (Wildman–Crippen MR) is 95.5 cm³/mol. The van der Waals surface area contributed by atoms with Crippen LogP contribution in [0.15, 0.2) is 54.6 Å². The van der Waals surface area contributed by atoms with Gasteiger partial charge in [0.15, 0.2) is 5.44 Å². The van der Waals surface area contributed by atoms with Gasteiger partial charge in [0.1, 0.15) is 5.69 Å². The zero-order valence-electron chi connectivity index (χ0n) is 13.7. The minimum atomic E-state index is -3.55. The van der Waals surface area contributed by atoms with Gasteiger partial charge in [-0.1, -0.05) is 42.5 Å². The smallest absolute Gasteiger partial charge is 0.304 e. The largest absolute Gasteiger partial charge is 0.381 e. The van der Waals surface area contributed by atoms with Gasteiger partial charge in [-0.15, -0.1) is 0 Å². The van der Waals surface area contributed by atoms with Gasteiger partial charge in [0, 0.05) is 5.56 Å². The van der Waals surface area contributed by atoms with E-state index in [0.717, 1.165) is 11.1 Å². The van der Waals surface area contributed by atoms with Crippen LogP contribution in [0.5, 0.6) is 0 Å². The number of aromatic nitrogens is 2. The maximum Gasteiger partial charge on any atom is 0.381 e. The third-order valence-corrected chi connectivity index (χ3v) is 5.48. The average Bonchev–Trinajstić information content (AvgIpc) is 2.62. The fourth-order valence-electron chi connectivity index (χ4n) is 2.47. The van der Waals surface area contributed by atoms with Crippen molar-refractivity contribution < 1.29 is 13.6 Å². The molecule has 0 atom stereocenters. The van der Waals surface area contributed by atoms with Gasteiger partial charge >= 0.3 is 7.60 Å². The lowest BCUT2D eigenvalue weighted by Gasteiger charge is -2.19. The Kier molecular flexibility index (Phi) is 5.05. The third kappa shape index (κ3) is 3.24. The minimum Gasteiger partial charge on any atom is -0.304 e. The third-order valence-electron chi connectivity index (χ3n) is 3.46. The summed E-state index contributed by atoms with van der Waals surface area (Å²) in [5.41, 5.74) is 3.01. The van der Waals surface area contributed by atoms with Crippen molar-refractivity contribution >= 4 is 24.1 Å². The molecule has 0 bridgehead atoms. The van der Waals surface area contributed by atoms with Crippen molar-refractivity contribution in [2.24, 2.45) is 0 Å². The van der Waals surface area contributed by atoms with Crippen molar-refractivity contribution in [1.29, 1.82) is 0 Å². The fourth-order valence-corrected chi connectivity index (χ4v) is 4.14. The first-order valence-corrected chi connectivity index (χ1v) is 9.44. The number of benzene rings is 2. The number of fused-ring (bicyclic) bond motifs is 1. The lowest BCUT2D eigenvalue weighted by atomic mass is 10.1. The summed E-state index contributed by atoms with van der Waals surface area (Å²) in [5, 5.41) is 0. The second-order valence-electron chi connectivity index (χ2n) is 5.08. The van der Waals surface area contributed by atoms with Gasteiger partial charge in [0.2, 0.25) is 0 Å². The second-order valence-corrected chi connectivity index (χ2v) is 7.02. The molecule has 0 aliphatic rings. The molecule has 0 unspecified atom stereocenters. The fraction of sp³-hybridized carbons (Fsp3) is 0.222. The number of hydrogen-bond donors (Lipinski definition) is 0. The molecule has 5 nitrogen and oxygen atoms in total. The van der Waals surface area contributed by atoms with E-state index in [9.17, 15) is 4.57 Å². The van der Waals surface area contributed by atoms with Crippen LogP contribution in [-0.4, -0.2) is 23.2 Å². The number of hydrogen-bond acceptors (Lipinski definition) is 5. The van der Waals surface area contributed by atoms with Gasteiger partial charge in [0.25, 0.3) is 0 Å². The summed E-state index contributed by atoms with van der Waals surface area (Å²) in [6.07, 6.45) is 0. The van der Waals surface area contributed by atoms with Crippen molar-refractivity contribution in [2.45, 2.75) is 13.8 Å². The molecule has 0 aliphatic heterocycles. The molecule has 124 valence electrons. The molecule has 0 saturated carbocycles. The maximum absolute atomic E-state index is 13.3. The van der Waals surface area contributed by atoms with Gasteiger partial charge < -0.3 is 9.05 Å². The van der Waals surface area contributed by atoms with E-state index in [2.05, 4.69) is 9.97 Å². The summed E-state index contributed by atoms with van der Waals surface area (Å²) in [6.45, 7) is 4.09. The molecular formula is C18H19N2O3P. The molecule has 0 fully saturated rings. The van der Waals surface area contributed by atoms with E-state index in [4.69, 9.17) is 9.05 Å². The van der Waals surface area contributed by atoms with Crippen LogP contribution in [0.2, 0.25) is 0 Å². The highest BCUT2D eigenvalue weighted by Crippen LogP contribution is 2.48. The van der Waals surface area contributed by atoms with Crippen molar-refractivity contribution in [3.05, 3.63) is 54.6 Å². The first kappa shape index (κ1) is 16.8. The van der Waals surface area contributed by atoms with Crippen molar-refractivity contribution in [2.75, 3.05) is 13.2 Å². The van der Waals surface area contributed by atoms with E-state index in [1.54, 1.807) is 13.8 Å². The minimum absolute atomic E-state index is 0.260. The number of nitrogens with zero attached hydrogens (tertiary/aromatic N) is 2. The van der Waals surface area contributed by atoms with Crippen molar-refractivity contribution in [3.8, 4) is 11.3 Å². The topological polar surface area (TPSA) is 61.3 Å². The zero-order chi connectivity index (χ0) is 17.0. The highest BCUT2D eigenvalue weighted by Gasteiger charge is 2.33. The van der Waals surface area contributed by atoms with Crippen LogP contribution >= 0.6 is 7.60 Å². The Morgan fingerprint density at radius 3 is 1.96 bits per heavy atom. The van der Waals surface area contributed by atoms with Gasteiger partial charge in [-0.2, -0.15) is 0 Å². The van der Waals surface area contributed by atoms with Crippen LogP contribution in [0, 0.1) is 0 Å². The highest BCUT2D eigenvalue weighted by atomic mass is 31.2. The second kappa shape index (κ2) is 7.22. The Morgan fingerprint density at radius 2 is 1.38 bits per heavy atom. The average molecular weight is 342 g/mol. The summed E-state index contributed by atoms with van der Waals surface area (Å²) in [4.78, 5) is 9.27. The maximum atomic E-state index is 13.3. The van der Waals surface area contributed by atoms with E-state index in [1.165, 1.54) is 0 Å². The molecule has 0 amide bonds. The molecule has 0 saturated heterocycles. The Bertz CT molecular complexity index is 874. The Hall–Kier alpha value is -2.07. The summed E-state index contributed by atoms with van der Waals surface area (Å²) < 4.78 is 24.3. The summed E-state index contributed by atoms with van der Waals surface area (Å²) in [6, 6.07) is 17.0. The van der Waals surface area contributed by atoms with E-state index in [-0.39, 0.29) is 18.6 Å². The van der Waals surface area contributed by atoms with Gasteiger partial charge in [-0.25, -0.2) is 9.97 Å². The van der Waals surface area contributed by atoms with Crippen LogP contribution in [0.1, 0.15) is 13.8 Å². The first-order chi connectivity index (χ1) is 11.7. The Labute approximate surface area is 141 Å². The van der Waals surface area contributed by atoms with Gasteiger partial charge in [0.05, 0.1) is 24.2 Å². The zero-order valence-corrected chi connectivity index (χ0v) is 14.6. The molecular weight excluding hydrogens is 323 g/mol. The van der Waals surface area contributed by atoms with Crippen LogP contribution in [0.25, 0.3) is 22.3 Å². The summed E-state index contributed by atoms with van der Waals surface area (Å²) in [7, 11) is -3.55. The molecule has 0 aliphatic carbocycles. The summed E-state index contributed by atoms with van der Waals surface area (Å²) >= 11 is 0. The lowest BCUT2D eigenvalue weighted by molar-refractivity contribution is 0.229. The Balaban J connectivity index is 2.29. The number of para-hydroxylation sites is 2. The highest BCUT2D eigenvalue weighted by molar-refractivity contribution is 7.62. The molecule has 0 radical (unpaired) electrons. The molecule has 1 aromatic heterocycles. The Morgan fingerprint density at radius 1 is 0.833 bits per heavy atom. The first-order valence-electron chi connectivity index (χ1n) is 7.90. The van der Waals surface area contributed by atoms with Gasteiger partial charge in [-0.3, -0.25) is 4.57 Å². The lowest BCUT2D eigenvalue weighted by Crippen LogP contribution is -2.19. The predicted octanol–water partition coefficient (Wildman–Crippen LogP) is 4.19. The van der Waals surface area contributed by atoms with Gasteiger partial charge in [-0.05, 0) is 26.0 Å². The van der Waals surface area contributed by atoms with E-state index < -0.39 is 7.60 Å². The quantitative estimate of drug-likeness (QED) is 0.629. The standard InChI is InChI=1S/C18H19N2O3P/c1-3-22-24(21,23-4-2)18-17(14-10-6-5-7-11-14)19-15-12-8-9-13-16(15)20-18/h5-13H,3-4H2,1-2H3. The summed E-state index contributed by atoms with van der Waals surface area (Å²) in [5.74, 6) is 0. The molecule has 0 N–H and O–H groups in total. The molecule has 6 heteroatoms.